The smallest absolute Gasteiger partial charge is 0.309 e. The molecule has 1 heterocycles. The van der Waals surface area contributed by atoms with Crippen LogP contribution in [0.4, 0.5) is 0 Å². The molecule has 1 rings (SSSR count). The summed E-state index contributed by atoms with van der Waals surface area (Å²) >= 11 is 4.61. The molecule has 3 N–H and O–H groups in total. The van der Waals surface area contributed by atoms with E-state index < -0.39 is 0 Å². The van der Waals surface area contributed by atoms with Crippen molar-refractivity contribution < 1.29 is 9.53 Å². The van der Waals surface area contributed by atoms with Crippen LogP contribution in [-0.4, -0.2) is 22.9 Å². The lowest BCUT2D eigenvalue weighted by molar-refractivity contribution is -0.143. The average Bonchev–Trinajstić information content (AvgIpc) is 2.42. The van der Waals surface area contributed by atoms with Crippen LogP contribution < -0.4 is 11.2 Å². The summed E-state index contributed by atoms with van der Waals surface area (Å²) in [6.45, 7) is 3.71. The number of hydrogen-bond donors (Lipinski definition) is 2. The number of nitrogens with two attached hydrogens (primary N) is 1. The largest absolute Gasteiger partial charge is 0.462 e. The van der Waals surface area contributed by atoms with Gasteiger partial charge in [0, 0.05) is 12.1 Å². The summed E-state index contributed by atoms with van der Waals surface area (Å²) in [7, 11) is 0. The second-order valence-electron chi connectivity index (χ2n) is 3.71. The summed E-state index contributed by atoms with van der Waals surface area (Å²) in [5.41, 5.74) is 8.50. The summed E-state index contributed by atoms with van der Waals surface area (Å²) in [5.74, 6) is -0.232. The molecule has 0 spiro atoms. The number of rotatable bonds is 3. The third-order valence-corrected chi connectivity index (χ3v) is 2.26. The third kappa shape index (κ3) is 3.83. The number of carbonyl (C=O) groups excluding carboxylic acids is 1. The van der Waals surface area contributed by atoms with Crippen LogP contribution in [0.5, 0.6) is 0 Å². The van der Waals surface area contributed by atoms with E-state index in [2.05, 4.69) is 22.7 Å². The molecule has 0 saturated carbocycles. The molecule has 1 aliphatic heterocycles. The summed E-state index contributed by atoms with van der Waals surface area (Å²) in [6, 6.07) is 0. The van der Waals surface area contributed by atoms with E-state index >= 15 is 0 Å². The fourth-order valence-corrected chi connectivity index (χ4v) is 1.60. The molecule has 0 aromatic carbocycles. The second kappa shape index (κ2) is 5.06. The van der Waals surface area contributed by atoms with Crippen molar-refractivity contribution in [1.29, 1.82) is 0 Å². The van der Waals surface area contributed by atoms with Crippen molar-refractivity contribution in [2.24, 2.45) is 16.8 Å². The molecule has 2 atom stereocenters. The summed E-state index contributed by atoms with van der Waals surface area (Å²) in [4.78, 5) is 11.3. The first kappa shape index (κ1) is 11.9. The quantitative estimate of drug-likeness (QED) is 0.320. The van der Waals surface area contributed by atoms with Crippen molar-refractivity contribution in [3.63, 3.8) is 0 Å². The number of ether oxygens (including phenoxy) is 1. The van der Waals surface area contributed by atoms with Gasteiger partial charge in [0.15, 0.2) is 5.11 Å². The van der Waals surface area contributed by atoms with Crippen LogP contribution in [0.1, 0.15) is 26.7 Å². The number of hydrogen-bond acceptors (Lipinski definition) is 4. The maximum atomic E-state index is 11.3. The normalized spacial score (nSPS) is 26.3. The van der Waals surface area contributed by atoms with Gasteiger partial charge in [-0.3, -0.25) is 10.2 Å². The van der Waals surface area contributed by atoms with Gasteiger partial charge >= 0.3 is 5.97 Å². The molecule has 0 amide bonds. The van der Waals surface area contributed by atoms with Crippen molar-refractivity contribution in [3.8, 4) is 0 Å². The highest BCUT2D eigenvalue weighted by atomic mass is 32.1. The van der Waals surface area contributed by atoms with Gasteiger partial charge in [0.1, 0.15) is 0 Å². The van der Waals surface area contributed by atoms with Crippen LogP contribution >= 0.6 is 12.2 Å². The van der Waals surface area contributed by atoms with Gasteiger partial charge in [0.05, 0.1) is 12.0 Å². The average molecular weight is 229 g/mol. The van der Waals surface area contributed by atoms with Crippen LogP contribution in [0.2, 0.25) is 0 Å². The molecule has 0 unspecified atom stereocenters. The van der Waals surface area contributed by atoms with E-state index in [0.29, 0.717) is 6.42 Å². The lowest BCUT2D eigenvalue weighted by Gasteiger charge is -2.04. The predicted octanol–water partition coefficient (Wildman–Crippen LogP) is 0.537. The maximum absolute atomic E-state index is 11.3. The van der Waals surface area contributed by atoms with Gasteiger partial charge in [0.25, 0.3) is 0 Å². The van der Waals surface area contributed by atoms with E-state index in [1.165, 1.54) is 0 Å². The van der Waals surface area contributed by atoms with Crippen LogP contribution in [0.3, 0.4) is 0 Å². The Morgan fingerprint density at radius 3 is 2.93 bits per heavy atom. The number of carbonyl (C=O) groups is 1. The van der Waals surface area contributed by atoms with E-state index in [-0.39, 0.29) is 23.1 Å². The van der Waals surface area contributed by atoms with Gasteiger partial charge in [-0.05, 0) is 32.5 Å². The standard InChI is InChI=1S/C9H15N3O2S/c1-5(11-12-9(10)15)3-7-4-6(2)14-8(7)13/h6-7H,3-4H2,1-2H3,(H3,10,12,15)/b11-5+/t6-,7-/m0/s1. The van der Waals surface area contributed by atoms with Crippen molar-refractivity contribution in [2.75, 3.05) is 0 Å². The first-order valence-corrected chi connectivity index (χ1v) is 5.19. The van der Waals surface area contributed by atoms with Gasteiger partial charge in [-0.1, -0.05) is 0 Å². The lowest BCUT2D eigenvalue weighted by Crippen LogP contribution is -2.25. The molecule has 0 radical (unpaired) electrons. The molecule has 0 aromatic rings. The van der Waals surface area contributed by atoms with E-state index in [1.807, 2.05) is 13.8 Å². The van der Waals surface area contributed by atoms with E-state index in [4.69, 9.17) is 10.5 Å². The Labute approximate surface area is 94.0 Å². The fourth-order valence-electron chi connectivity index (χ4n) is 1.56. The molecule has 1 saturated heterocycles. The zero-order valence-corrected chi connectivity index (χ0v) is 9.63. The number of cyclic esters (lactones) is 1. The van der Waals surface area contributed by atoms with Crippen molar-refractivity contribution in [1.82, 2.24) is 5.43 Å². The van der Waals surface area contributed by atoms with Crippen molar-refractivity contribution in [2.45, 2.75) is 32.8 Å². The molecule has 0 aliphatic carbocycles. The second-order valence-corrected chi connectivity index (χ2v) is 4.15. The molecule has 1 aliphatic rings. The zero-order valence-electron chi connectivity index (χ0n) is 8.82. The minimum atomic E-state index is -0.146. The fraction of sp³-hybridized carbons (Fsp3) is 0.667. The van der Waals surface area contributed by atoms with Crippen LogP contribution in [-0.2, 0) is 9.53 Å². The Balaban J connectivity index is 2.44. The summed E-state index contributed by atoms with van der Waals surface area (Å²) in [6.07, 6.45) is 1.34. The number of hydrazone groups is 1. The molecule has 84 valence electrons. The molecule has 15 heavy (non-hydrogen) atoms. The minimum absolute atomic E-state index is 0.0128. The topological polar surface area (TPSA) is 76.7 Å². The maximum Gasteiger partial charge on any atom is 0.309 e. The monoisotopic (exact) mass is 229 g/mol. The molecular weight excluding hydrogens is 214 g/mol. The molecule has 1 fully saturated rings. The highest BCUT2D eigenvalue weighted by Gasteiger charge is 2.31. The zero-order chi connectivity index (χ0) is 11.4. The first-order valence-electron chi connectivity index (χ1n) is 4.78. The molecule has 0 bridgehead atoms. The Hall–Kier alpha value is -1.17. The number of esters is 1. The van der Waals surface area contributed by atoms with Crippen molar-refractivity contribution in [3.05, 3.63) is 0 Å². The lowest BCUT2D eigenvalue weighted by atomic mass is 9.99. The molecule has 0 aromatic heterocycles. The highest BCUT2D eigenvalue weighted by molar-refractivity contribution is 7.80. The Kier molecular flexibility index (Phi) is 4.02. The highest BCUT2D eigenvalue weighted by Crippen LogP contribution is 2.23. The van der Waals surface area contributed by atoms with Crippen LogP contribution in [0, 0.1) is 5.92 Å². The molecular formula is C9H15N3O2S. The van der Waals surface area contributed by atoms with Gasteiger partial charge in [-0.25, -0.2) is 0 Å². The Morgan fingerprint density at radius 1 is 1.80 bits per heavy atom. The van der Waals surface area contributed by atoms with Gasteiger partial charge in [-0.15, -0.1) is 0 Å². The van der Waals surface area contributed by atoms with Crippen LogP contribution in [0.15, 0.2) is 5.10 Å². The summed E-state index contributed by atoms with van der Waals surface area (Å²) in [5, 5.41) is 4.06. The summed E-state index contributed by atoms with van der Waals surface area (Å²) < 4.78 is 5.04. The van der Waals surface area contributed by atoms with Crippen molar-refractivity contribution >= 4 is 29.0 Å². The number of nitrogens with zero attached hydrogens (tertiary/aromatic N) is 1. The van der Waals surface area contributed by atoms with Gasteiger partial charge in [0.2, 0.25) is 0 Å². The van der Waals surface area contributed by atoms with Gasteiger partial charge in [-0.2, -0.15) is 5.10 Å². The van der Waals surface area contributed by atoms with Crippen LogP contribution in [0.25, 0.3) is 0 Å². The van der Waals surface area contributed by atoms with E-state index in [1.54, 1.807) is 0 Å². The predicted molar refractivity (Wildman–Crippen MR) is 61.3 cm³/mol. The first-order chi connectivity index (χ1) is 6.99. The van der Waals surface area contributed by atoms with Gasteiger partial charge < -0.3 is 10.5 Å². The SMILES string of the molecule is C/C(C[C@H]1C[C@H](C)OC1=O)=N\NC(N)=S. The number of nitrogens with one attached hydrogen (secondary N) is 1. The Morgan fingerprint density at radius 2 is 2.47 bits per heavy atom. The van der Waals surface area contributed by atoms with E-state index in [0.717, 1.165) is 12.1 Å². The minimum Gasteiger partial charge on any atom is -0.462 e. The Bertz CT molecular complexity index is 304. The number of thiocarbonyl (C=S) groups is 1. The molecule has 6 heteroatoms. The third-order valence-electron chi connectivity index (χ3n) is 2.17. The van der Waals surface area contributed by atoms with E-state index in [9.17, 15) is 4.79 Å². The molecule has 5 nitrogen and oxygen atoms in total.